The second kappa shape index (κ2) is 47.5. The lowest BCUT2D eigenvalue weighted by Crippen LogP contribution is -2.67. The molecule has 12 rings (SSSR count). The molecule has 25 unspecified atom stereocenters. The van der Waals surface area contributed by atoms with Crippen LogP contribution in [0.15, 0.2) is 0 Å². The van der Waals surface area contributed by atoms with E-state index in [1.165, 1.54) is 6.92 Å². The predicted molar refractivity (Wildman–Crippen MR) is 464 cm³/mol. The normalized spacial score (nSPS) is 52.5. The van der Waals surface area contributed by atoms with E-state index in [1.54, 1.807) is 34.6 Å². The van der Waals surface area contributed by atoms with Gasteiger partial charge in [-0.15, -0.1) is 0 Å². The van der Waals surface area contributed by atoms with E-state index in [0.717, 1.165) is 0 Å². The highest BCUT2D eigenvalue weighted by atomic mass is 16.8. The lowest BCUT2D eigenvalue weighted by Gasteiger charge is -2.52. The van der Waals surface area contributed by atoms with Gasteiger partial charge in [-0.2, -0.15) is 0 Å². The van der Waals surface area contributed by atoms with Gasteiger partial charge in [0.15, 0.2) is 69.0 Å². The summed E-state index contributed by atoms with van der Waals surface area (Å²) in [6.45, 7) is 34.3. The van der Waals surface area contributed by atoms with Crippen LogP contribution >= 0.6 is 0 Å². The second-order valence-electron chi connectivity index (χ2n) is 41.0. The number of rotatable bonds is 37. The molecule has 0 aromatic rings. The molecule has 11 saturated heterocycles. The predicted octanol–water partition coefficient (Wildman–Crippen LogP) is -1.18. The molecule has 0 bridgehead atoms. The Bertz CT molecular complexity index is 3660. The van der Waals surface area contributed by atoms with Crippen LogP contribution in [-0.2, 0) is 114 Å². The fourth-order valence-electron chi connectivity index (χ4n) is 22.1. The zero-order valence-electron chi connectivity index (χ0n) is 81.6. The molecule has 60 atom stereocenters. The molecule has 11 heterocycles. The average Bonchev–Trinajstić information content (AvgIpc) is 1.55. The Hall–Kier alpha value is -2.62. The molecule has 790 valence electrons. The summed E-state index contributed by atoms with van der Waals surface area (Å²) in [5.74, 6) is -8.44. The molecule has 1 saturated carbocycles. The van der Waals surface area contributed by atoms with Crippen molar-refractivity contribution in [3.05, 3.63) is 0 Å². The van der Waals surface area contributed by atoms with Gasteiger partial charge in [0, 0.05) is 41.4 Å². The summed E-state index contributed by atoms with van der Waals surface area (Å²) in [4.78, 5) is 25.8. The first-order valence-corrected chi connectivity index (χ1v) is 49.4. The molecule has 0 aromatic heterocycles. The Labute approximate surface area is 794 Å². The third-order valence-electron chi connectivity index (χ3n) is 32.5. The molecule has 0 radical (unpaired) electrons. The number of carboxylic acid groups (broad SMARTS) is 2. The molecular formula is C93H160O43. The highest BCUT2D eigenvalue weighted by molar-refractivity contribution is 5.73. The molecule has 136 heavy (non-hydrogen) atoms. The van der Waals surface area contributed by atoms with Gasteiger partial charge in [-0.25, -0.2) is 4.79 Å². The van der Waals surface area contributed by atoms with Crippen molar-refractivity contribution in [2.24, 2.45) is 82.9 Å². The summed E-state index contributed by atoms with van der Waals surface area (Å²) in [6, 6.07) is 0. The van der Waals surface area contributed by atoms with Gasteiger partial charge in [-0.05, 0) is 87.4 Å². The summed E-state index contributed by atoms with van der Waals surface area (Å²) in [6.07, 6.45) is -54.5. The van der Waals surface area contributed by atoms with E-state index in [4.69, 9.17) is 104 Å². The Morgan fingerprint density at radius 1 is 0.287 bits per heavy atom. The first-order chi connectivity index (χ1) is 64.3. The highest BCUT2D eigenvalue weighted by Crippen LogP contribution is 2.55. The number of carbonyl (C=O) groups is 2. The maximum absolute atomic E-state index is 13.4. The third kappa shape index (κ3) is 23.0. The lowest BCUT2D eigenvalue weighted by atomic mass is 9.80. The van der Waals surface area contributed by atoms with Crippen molar-refractivity contribution in [1.29, 1.82) is 0 Å². The van der Waals surface area contributed by atoms with Gasteiger partial charge in [0.25, 0.3) is 0 Å². The zero-order valence-corrected chi connectivity index (χ0v) is 81.6. The van der Waals surface area contributed by atoms with Gasteiger partial charge < -0.3 is 201 Å². The summed E-state index contributed by atoms with van der Waals surface area (Å²) in [7, 11) is 0. The number of hydrogen-bond acceptors (Lipinski definition) is 41. The molecule has 0 aromatic carbocycles. The molecule has 12 aliphatic rings. The molecule has 11 aliphatic heterocycles. The number of aliphatic carboxylic acids is 2. The molecule has 1 aliphatic carbocycles. The summed E-state index contributed by atoms with van der Waals surface area (Å²) in [5.41, 5.74) is -1.54. The van der Waals surface area contributed by atoms with E-state index in [9.17, 15) is 107 Å². The first-order valence-electron chi connectivity index (χ1n) is 49.4. The lowest BCUT2D eigenvalue weighted by molar-refractivity contribution is -0.388. The van der Waals surface area contributed by atoms with Crippen LogP contribution in [-0.4, -0.2) is 424 Å². The largest absolute Gasteiger partial charge is 0.481 e. The van der Waals surface area contributed by atoms with Crippen molar-refractivity contribution >= 4 is 11.9 Å². The number of carboxylic acids is 2. The number of aliphatic hydroxyl groups is 17. The molecule has 12 fully saturated rings. The highest BCUT2D eigenvalue weighted by Gasteiger charge is 2.68. The fraction of sp³-hybridized carbons (Fsp3) is 0.978. The smallest absolute Gasteiger partial charge is 0.335 e. The molecule has 0 spiro atoms. The molecule has 19 N–H and O–H groups in total. The van der Waals surface area contributed by atoms with Crippen LogP contribution in [0.1, 0.15) is 177 Å². The topological polar surface area (TPSA) is 622 Å². The number of hydrogen-bond donors (Lipinski definition) is 19. The van der Waals surface area contributed by atoms with Crippen LogP contribution in [0.4, 0.5) is 0 Å². The fourth-order valence-corrected chi connectivity index (χ4v) is 22.1. The van der Waals surface area contributed by atoms with Crippen molar-refractivity contribution < 1.29 is 211 Å². The molecule has 0 amide bonds. The minimum atomic E-state index is -2.03. The van der Waals surface area contributed by atoms with E-state index < -0.39 is 375 Å². The molecule has 43 heteroatoms. The van der Waals surface area contributed by atoms with Gasteiger partial charge in [-0.3, -0.25) is 4.79 Å². The standard InChI is InChI=1S/C93H160O43/c1-21-46-70(127-84-39(13)33(7)72(48(23-3)117-84)129-86-41(15)36(10)74(54(29-96)122-86)131-91-68(110)64(106)79(55(30-97)124-91)135-92-69(111)65(107)78(56(31-98)125-92)134-90-66(108)61(103)60(102)52(27-94)121-90)32(6)38(12)83(116-46)128-71-34(8)40(14)85(118-47(71)22-2)130-73-35(9)42(16)87(123-53(73)28-95)132-75-37(11)43(17)88(136-80(75)82(112)113)133-77-50(25-5)119-89(67(109)63(77)105)120-51(26-57(99)100)44(18)58-81(93(58,20)114)126-76-49(24-4)115-45(19)59(101)62(76)104/h32-56,58-81,83-92,94-98,101-111,114H,21-31H2,1-20H3,(H,99,100)(H,112,113)/t32-,33?,34-,35?,36?,37?,38?,39?,40?,41?,42?,43?,44?,45-,46?,47?,48+,49+,50?,51-,52?,53+,54+,55?,56?,58?,59?,60-,61+,62?,63-,64-,65-,66?,67?,68?,69?,70+,71+,72+,73+,74+,75+,76-,77-,78-,79-,80-,81-,83+,84+,85+,86-,87-,88-,89+,90+,91+,92+,93?/m1/s1. The van der Waals surface area contributed by atoms with Gasteiger partial charge in [-0.1, -0.05) is 125 Å². The van der Waals surface area contributed by atoms with E-state index in [-0.39, 0.29) is 47.8 Å². The van der Waals surface area contributed by atoms with Crippen LogP contribution in [0, 0.1) is 82.9 Å². The van der Waals surface area contributed by atoms with Gasteiger partial charge >= 0.3 is 11.9 Å². The monoisotopic (exact) mass is 1970 g/mol. The van der Waals surface area contributed by atoms with Crippen molar-refractivity contribution in [2.45, 2.75) is 459 Å². The Morgan fingerprint density at radius 3 is 0.897 bits per heavy atom. The SMILES string of the molecule is CCC1O[C@@H](O[C@@H]2C(CC)O[C@@H](O[C@H]3C(C)C(C)[C@@H](O[C@H]4C(C)C(C)[C@H](O[C@@H]5C(CC)O[C@@H](O[C@H](CC(=O)O)C(C)C6[C@@H](O[C@H]7C(O)C(O)[C@@H](C)O[C@H]7CC)C6(C)O)C(O)[C@H]5O)O[C@H]4C(=O)O)O[C@H]3CO)C(C)[C@H]2C)C(C)[C@@H](C)[C@@H]1O[C@@H]1O[C@@H](CC)[C@@H](O[C@H]2O[C@@H](CO)[C@@H](O[C@@H]3OC(CO)[C@@H](O[C@@H]4OC(CO)[C@@H](O[C@@H]5OC(CO)[C@@H](O)[C@H](O)C5O)[C@H](O)C4O)[C@H](O)C3O)C(C)C2C)C(C)C1C. The van der Waals surface area contributed by atoms with E-state index in [2.05, 4.69) is 27.7 Å². The van der Waals surface area contributed by atoms with Crippen molar-refractivity contribution in [2.75, 3.05) is 33.0 Å². The van der Waals surface area contributed by atoms with Crippen LogP contribution in [0.5, 0.6) is 0 Å². The Balaban J connectivity index is 0.609. The van der Waals surface area contributed by atoms with Crippen molar-refractivity contribution in [3.8, 4) is 0 Å². The van der Waals surface area contributed by atoms with Crippen molar-refractivity contribution in [3.63, 3.8) is 0 Å². The maximum atomic E-state index is 13.4. The summed E-state index contributed by atoms with van der Waals surface area (Å²) < 4.78 is 141. The van der Waals surface area contributed by atoms with Crippen LogP contribution < -0.4 is 0 Å². The quantitative estimate of drug-likeness (QED) is 0.0348. The van der Waals surface area contributed by atoms with Crippen LogP contribution in [0.25, 0.3) is 0 Å². The first kappa shape index (κ1) is 112. The van der Waals surface area contributed by atoms with E-state index in [0.29, 0.717) is 25.7 Å². The van der Waals surface area contributed by atoms with Gasteiger partial charge in [0.2, 0.25) is 0 Å². The third-order valence-corrected chi connectivity index (χ3v) is 32.5. The van der Waals surface area contributed by atoms with Gasteiger partial charge in [0.05, 0.1) is 124 Å². The Kier molecular flexibility index (Phi) is 39.1. The number of ether oxygens (including phenoxy) is 22. The van der Waals surface area contributed by atoms with Crippen LogP contribution in [0.3, 0.4) is 0 Å². The second-order valence-corrected chi connectivity index (χ2v) is 41.0. The maximum Gasteiger partial charge on any atom is 0.335 e. The summed E-state index contributed by atoms with van der Waals surface area (Å²) in [5, 5.41) is 208. The average molecular weight is 1970 g/mol. The van der Waals surface area contributed by atoms with E-state index >= 15 is 0 Å². The molecular weight excluding hydrogens is 1800 g/mol. The van der Waals surface area contributed by atoms with E-state index in [1.807, 2.05) is 69.2 Å². The zero-order chi connectivity index (χ0) is 100. The van der Waals surface area contributed by atoms with Crippen LogP contribution in [0.2, 0.25) is 0 Å². The van der Waals surface area contributed by atoms with Gasteiger partial charge in [0.1, 0.15) is 128 Å². The minimum Gasteiger partial charge on any atom is -0.481 e. The number of aliphatic hydroxyl groups excluding tert-OH is 16. The molecule has 43 nitrogen and oxygen atoms in total. The minimum absolute atomic E-state index is 0.117. The Morgan fingerprint density at radius 2 is 0.537 bits per heavy atom. The van der Waals surface area contributed by atoms with Crippen molar-refractivity contribution in [1.82, 2.24) is 0 Å². The summed E-state index contributed by atoms with van der Waals surface area (Å²) >= 11 is 0.